The van der Waals surface area contributed by atoms with Crippen LogP contribution in [-0.4, -0.2) is 28.8 Å². The third-order valence-electron chi connectivity index (χ3n) is 3.64. The Hall–Kier alpha value is -2.60. The van der Waals surface area contributed by atoms with E-state index in [0.29, 0.717) is 0 Å². The van der Waals surface area contributed by atoms with Crippen molar-refractivity contribution in [2.75, 3.05) is 0 Å². The van der Waals surface area contributed by atoms with Crippen molar-refractivity contribution in [3.05, 3.63) is 35.4 Å². The first-order valence-corrected chi connectivity index (χ1v) is 6.48. The number of ketones is 1. The van der Waals surface area contributed by atoms with Crippen molar-refractivity contribution in [2.45, 2.75) is 24.9 Å². The fraction of sp³-hybridized carbons (Fsp3) is 0.357. The van der Waals surface area contributed by atoms with Gasteiger partial charge in [-0.3, -0.25) is 4.79 Å². The number of rotatable bonds is 2. The molecule has 1 fully saturated rings. The molecule has 2 rings (SSSR count). The van der Waals surface area contributed by atoms with Crippen molar-refractivity contribution in [3.8, 4) is 6.07 Å². The van der Waals surface area contributed by atoms with Crippen LogP contribution in [-0.2, 0) is 4.79 Å². The predicted molar refractivity (Wildman–Crippen MR) is 70.7 cm³/mol. The van der Waals surface area contributed by atoms with Crippen LogP contribution in [0, 0.1) is 17.2 Å². The number of halogens is 3. The largest absolute Gasteiger partial charge is 0.437 e. The average Bonchev–Trinajstić information content (AvgIpc) is 2.45. The summed E-state index contributed by atoms with van der Waals surface area (Å²) in [7, 11) is 0. The van der Waals surface area contributed by atoms with Gasteiger partial charge in [0.2, 0.25) is 5.72 Å². The van der Waals surface area contributed by atoms with Gasteiger partial charge in [0.15, 0.2) is 0 Å². The summed E-state index contributed by atoms with van der Waals surface area (Å²) in [5, 5.41) is 22.3. The van der Waals surface area contributed by atoms with Gasteiger partial charge in [-0.25, -0.2) is 4.79 Å². The lowest BCUT2D eigenvalue weighted by molar-refractivity contribution is -0.290. The Morgan fingerprint density at radius 1 is 1.35 bits per heavy atom. The third kappa shape index (κ3) is 2.85. The number of alkyl halides is 3. The van der Waals surface area contributed by atoms with E-state index in [0.717, 1.165) is 6.92 Å². The van der Waals surface area contributed by atoms with E-state index in [1.165, 1.54) is 29.6 Å². The first-order valence-electron chi connectivity index (χ1n) is 6.48. The minimum atomic E-state index is -5.24. The summed E-state index contributed by atoms with van der Waals surface area (Å²) < 4.78 is 39.7. The molecule has 9 heteroatoms. The second-order valence-electron chi connectivity index (χ2n) is 5.16. The molecule has 1 aliphatic heterocycles. The minimum absolute atomic E-state index is 0.168. The van der Waals surface area contributed by atoms with Crippen LogP contribution >= 0.6 is 0 Å². The van der Waals surface area contributed by atoms with E-state index in [1.807, 2.05) is 6.07 Å². The lowest BCUT2D eigenvalue weighted by Gasteiger charge is -2.44. The van der Waals surface area contributed by atoms with E-state index in [9.17, 15) is 27.9 Å². The van der Waals surface area contributed by atoms with Crippen molar-refractivity contribution in [3.63, 3.8) is 0 Å². The molecule has 122 valence electrons. The Labute approximate surface area is 128 Å². The van der Waals surface area contributed by atoms with Crippen LogP contribution in [0.15, 0.2) is 24.3 Å². The van der Waals surface area contributed by atoms with Crippen molar-refractivity contribution < 1.29 is 27.9 Å². The van der Waals surface area contributed by atoms with Crippen LogP contribution in [0.5, 0.6) is 0 Å². The minimum Gasteiger partial charge on any atom is -0.363 e. The molecule has 0 aromatic heterocycles. The van der Waals surface area contributed by atoms with Crippen molar-refractivity contribution in [2.24, 2.45) is 5.92 Å². The number of hydrogen-bond acceptors (Lipinski definition) is 4. The first-order chi connectivity index (χ1) is 10.6. The van der Waals surface area contributed by atoms with Gasteiger partial charge in [0.1, 0.15) is 5.78 Å². The average molecular weight is 327 g/mol. The highest BCUT2D eigenvalue weighted by atomic mass is 19.4. The number of urea groups is 1. The highest BCUT2D eigenvalue weighted by Crippen LogP contribution is 2.42. The number of amides is 2. The predicted octanol–water partition coefficient (Wildman–Crippen LogP) is 1.37. The molecule has 1 aromatic rings. The Morgan fingerprint density at radius 3 is 2.35 bits per heavy atom. The molecular weight excluding hydrogens is 315 g/mol. The lowest BCUT2D eigenvalue weighted by atomic mass is 9.79. The van der Waals surface area contributed by atoms with Gasteiger partial charge in [0.05, 0.1) is 23.6 Å². The summed E-state index contributed by atoms with van der Waals surface area (Å²) in [5.74, 6) is -2.93. The van der Waals surface area contributed by atoms with Gasteiger partial charge in [0.25, 0.3) is 0 Å². The van der Waals surface area contributed by atoms with Gasteiger partial charge in [-0.1, -0.05) is 12.1 Å². The molecular formula is C14H12F3N3O3. The van der Waals surface area contributed by atoms with Gasteiger partial charge in [-0.05, 0) is 24.6 Å². The monoisotopic (exact) mass is 327 g/mol. The number of nitrogens with zero attached hydrogens (tertiary/aromatic N) is 1. The summed E-state index contributed by atoms with van der Waals surface area (Å²) in [6.45, 7) is 0.900. The van der Waals surface area contributed by atoms with E-state index in [2.05, 4.69) is 5.32 Å². The zero-order valence-corrected chi connectivity index (χ0v) is 11.8. The van der Waals surface area contributed by atoms with Crippen LogP contribution in [0.4, 0.5) is 18.0 Å². The molecule has 0 bridgehead atoms. The van der Waals surface area contributed by atoms with Gasteiger partial charge in [-0.2, -0.15) is 18.4 Å². The summed E-state index contributed by atoms with van der Waals surface area (Å²) in [6.07, 6.45) is -5.24. The second kappa shape index (κ2) is 5.55. The molecule has 23 heavy (non-hydrogen) atoms. The highest BCUT2D eigenvalue weighted by molar-refractivity contribution is 5.86. The van der Waals surface area contributed by atoms with Crippen LogP contribution in [0.25, 0.3) is 0 Å². The number of benzene rings is 1. The third-order valence-corrected chi connectivity index (χ3v) is 3.64. The molecule has 2 amide bonds. The Bertz CT molecular complexity index is 681. The maximum atomic E-state index is 13.2. The number of carbonyl (C=O) groups excluding carboxylic acids is 2. The van der Waals surface area contributed by atoms with Crippen LogP contribution in [0.1, 0.15) is 24.1 Å². The number of carbonyl (C=O) groups is 2. The van der Waals surface area contributed by atoms with E-state index in [1.54, 1.807) is 0 Å². The fourth-order valence-corrected chi connectivity index (χ4v) is 2.57. The molecule has 3 N–H and O–H groups in total. The Balaban J connectivity index is 2.53. The highest BCUT2D eigenvalue weighted by Gasteiger charge is 2.65. The SMILES string of the molecule is CC(=O)[C@@H]1[C@@H](c2ccc(C#N)cc2)NC(=O)N[C@]1(O)C(F)(F)F. The van der Waals surface area contributed by atoms with E-state index in [4.69, 9.17) is 5.26 Å². The molecule has 1 saturated heterocycles. The molecule has 3 atom stereocenters. The normalized spacial score (nSPS) is 27.6. The Morgan fingerprint density at radius 2 is 1.91 bits per heavy atom. The quantitative estimate of drug-likeness (QED) is 0.763. The van der Waals surface area contributed by atoms with Gasteiger partial charge in [-0.15, -0.1) is 0 Å². The van der Waals surface area contributed by atoms with E-state index < -0.39 is 35.7 Å². The number of nitrogens with one attached hydrogen (secondary N) is 2. The van der Waals surface area contributed by atoms with Crippen LogP contribution in [0.2, 0.25) is 0 Å². The zero-order chi connectivity index (χ0) is 17.4. The second-order valence-corrected chi connectivity index (χ2v) is 5.16. The molecule has 1 aliphatic rings. The molecule has 1 aromatic carbocycles. The van der Waals surface area contributed by atoms with Crippen molar-refractivity contribution in [1.82, 2.24) is 10.6 Å². The molecule has 0 saturated carbocycles. The summed E-state index contributed by atoms with van der Waals surface area (Å²) in [5.41, 5.74) is -3.25. The molecule has 6 nitrogen and oxygen atoms in total. The number of Topliss-reactive ketones (excluding diaryl/α,β-unsaturated/α-hetero) is 1. The lowest BCUT2D eigenvalue weighted by Crippen LogP contribution is -2.72. The van der Waals surface area contributed by atoms with Gasteiger partial charge < -0.3 is 15.7 Å². The first kappa shape index (κ1) is 16.8. The number of hydrogen-bond donors (Lipinski definition) is 3. The van der Waals surface area contributed by atoms with Crippen molar-refractivity contribution in [1.29, 1.82) is 5.26 Å². The fourth-order valence-electron chi connectivity index (χ4n) is 2.57. The number of nitriles is 1. The van der Waals surface area contributed by atoms with E-state index in [-0.39, 0.29) is 11.1 Å². The smallest absolute Gasteiger partial charge is 0.363 e. The van der Waals surface area contributed by atoms with Gasteiger partial charge in [0, 0.05) is 0 Å². The molecule has 0 unspecified atom stereocenters. The molecule has 0 spiro atoms. The van der Waals surface area contributed by atoms with Crippen LogP contribution < -0.4 is 10.6 Å². The summed E-state index contributed by atoms with van der Waals surface area (Å²) in [6, 6.07) is 4.53. The zero-order valence-electron chi connectivity index (χ0n) is 11.8. The standard InChI is InChI=1S/C14H12F3N3O3/c1-7(21)10-11(9-4-2-8(6-18)3-5-9)19-12(22)20-13(10,23)14(15,16)17/h2-5,10-11,23H,1H3,(H2,19,20,22)/t10-,11-,13-/m1/s1. The van der Waals surface area contributed by atoms with E-state index >= 15 is 0 Å². The van der Waals surface area contributed by atoms with Gasteiger partial charge >= 0.3 is 12.2 Å². The van der Waals surface area contributed by atoms with Crippen LogP contribution in [0.3, 0.4) is 0 Å². The molecule has 0 aliphatic carbocycles. The van der Waals surface area contributed by atoms with Crippen molar-refractivity contribution >= 4 is 11.8 Å². The molecule has 1 heterocycles. The maximum Gasteiger partial charge on any atom is 0.437 e. The topological polar surface area (TPSA) is 102 Å². The summed E-state index contributed by atoms with van der Waals surface area (Å²) in [4.78, 5) is 23.3. The molecule has 0 radical (unpaired) electrons. The Kier molecular flexibility index (Phi) is 4.05. The maximum absolute atomic E-state index is 13.2. The summed E-state index contributed by atoms with van der Waals surface area (Å²) >= 11 is 0. The number of aliphatic hydroxyl groups is 1.